The van der Waals surface area contributed by atoms with Gasteiger partial charge < -0.3 is 15.0 Å². The Hall–Kier alpha value is -0.120. The Morgan fingerprint density at radius 1 is 1.31 bits per heavy atom. The van der Waals surface area contributed by atoms with E-state index >= 15 is 0 Å². The van der Waals surface area contributed by atoms with Crippen molar-refractivity contribution in [3.63, 3.8) is 0 Å². The molecule has 0 aliphatic carbocycles. The van der Waals surface area contributed by atoms with Gasteiger partial charge in [0.05, 0.1) is 6.61 Å². The van der Waals surface area contributed by atoms with Gasteiger partial charge in [0.2, 0.25) is 0 Å². The van der Waals surface area contributed by atoms with Gasteiger partial charge in [-0.2, -0.15) is 0 Å². The molecule has 1 N–H and O–H groups in total. The minimum Gasteiger partial charge on any atom is -0.383 e. The molecular formula is C10H24N2O. The molecule has 0 aliphatic heterocycles. The van der Waals surface area contributed by atoms with Crippen LogP contribution in [-0.2, 0) is 4.74 Å². The van der Waals surface area contributed by atoms with Crippen LogP contribution in [0.25, 0.3) is 0 Å². The highest BCUT2D eigenvalue weighted by Gasteiger charge is 2.08. The summed E-state index contributed by atoms with van der Waals surface area (Å²) < 4.78 is 5.03. The molecule has 0 aromatic rings. The van der Waals surface area contributed by atoms with E-state index < -0.39 is 0 Å². The van der Waals surface area contributed by atoms with Gasteiger partial charge in [-0.3, -0.25) is 0 Å². The van der Waals surface area contributed by atoms with Crippen LogP contribution in [0, 0.1) is 0 Å². The van der Waals surface area contributed by atoms with Crippen LogP contribution in [0.4, 0.5) is 0 Å². The van der Waals surface area contributed by atoms with Crippen molar-refractivity contribution in [3.05, 3.63) is 0 Å². The van der Waals surface area contributed by atoms with Gasteiger partial charge >= 0.3 is 0 Å². The summed E-state index contributed by atoms with van der Waals surface area (Å²) in [7, 11) is 3.87. The Bertz CT molecular complexity index is 117. The molecule has 0 radical (unpaired) electrons. The number of hydrogen-bond acceptors (Lipinski definition) is 3. The minimum absolute atomic E-state index is 0.567. The van der Waals surface area contributed by atoms with E-state index in [0.29, 0.717) is 12.1 Å². The number of rotatable bonds is 7. The second-order valence-electron chi connectivity index (χ2n) is 3.89. The Labute approximate surface area is 82.4 Å². The fourth-order valence-corrected chi connectivity index (χ4v) is 1.02. The average molecular weight is 188 g/mol. The summed E-state index contributed by atoms with van der Waals surface area (Å²) in [5.74, 6) is 0. The predicted octanol–water partition coefficient (Wildman–Crippen LogP) is 0.951. The highest BCUT2D eigenvalue weighted by molar-refractivity contribution is 4.67. The van der Waals surface area contributed by atoms with Crippen LogP contribution in [0.5, 0.6) is 0 Å². The van der Waals surface area contributed by atoms with E-state index in [2.05, 4.69) is 38.0 Å². The first-order chi connectivity index (χ1) is 6.07. The van der Waals surface area contributed by atoms with Crippen LogP contribution < -0.4 is 5.32 Å². The molecule has 0 saturated carbocycles. The van der Waals surface area contributed by atoms with E-state index in [-0.39, 0.29) is 0 Å². The van der Waals surface area contributed by atoms with Crippen molar-refractivity contribution in [2.45, 2.75) is 32.9 Å². The molecule has 80 valence electrons. The maximum atomic E-state index is 5.03. The topological polar surface area (TPSA) is 24.5 Å². The Morgan fingerprint density at radius 2 is 1.92 bits per heavy atom. The second kappa shape index (κ2) is 7.30. The molecule has 3 nitrogen and oxygen atoms in total. The highest BCUT2D eigenvalue weighted by Crippen LogP contribution is 1.94. The predicted molar refractivity (Wildman–Crippen MR) is 57.1 cm³/mol. The van der Waals surface area contributed by atoms with Gasteiger partial charge in [-0.15, -0.1) is 0 Å². The monoisotopic (exact) mass is 188 g/mol. The molecule has 0 aliphatic rings. The summed E-state index contributed by atoms with van der Waals surface area (Å²) in [4.78, 5) is 2.30. The number of nitrogens with zero attached hydrogens (tertiary/aromatic N) is 1. The molecule has 3 heteroatoms. The Balaban J connectivity index is 3.50. The maximum Gasteiger partial charge on any atom is 0.0589 e. The van der Waals surface area contributed by atoms with Gasteiger partial charge in [-0.25, -0.2) is 0 Å². The van der Waals surface area contributed by atoms with Crippen molar-refractivity contribution in [3.8, 4) is 0 Å². The maximum absolute atomic E-state index is 5.03. The van der Waals surface area contributed by atoms with Crippen molar-refractivity contribution in [1.82, 2.24) is 10.2 Å². The van der Waals surface area contributed by atoms with Crippen LogP contribution in [0.2, 0.25) is 0 Å². The molecule has 0 aromatic carbocycles. The molecule has 0 spiro atoms. The van der Waals surface area contributed by atoms with Gasteiger partial charge in [-0.1, -0.05) is 13.8 Å². The van der Waals surface area contributed by atoms with Crippen molar-refractivity contribution < 1.29 is 4.74 Å². The molecule has 0 rings (SSSR count). The molecule has 0 amide bonds. The van der Waals surface area contributed by atoms with Gasteiger partial charge in [0, 0.05) is 32.3 Å². The molecule has 0 bridgehead atoms. The van der Waals surface area contributed by atoms with E-state index in [1.54, 1.807) is 7.11 Å². The summed E-state index contributed by atoms with van der Waals surface area (Å²) >= 11 is 0. The van der Waals surface area contributed by atoms with Gasteiger partial charge in [0.15, 0.2) is 0 Å². The fourth-order valence-electron chi connectivity index (χ4n) is 1.02. The van der Waals surface area contributed by atoms with E-state index in [0.717, 1.165) is 19.7 Å². The van der Waals surface area contributed by atoms with Crippen molar-refractivity contribution >= 4 is 0 Å². The lowest BCUT2D eigenvalue weighted by Gasteiger charge is -2.25. The third kappa shape index (κ3) is 6.99. The first kappa shape index (κ1) is 12.9. The van der Waals surface area contributed by atoms with E-state index in [1.165, 1.54) is 0 Å². The molecular weight excluding hydrogens is 164 g/mol. The molecule has 13 heavy (non-hydrogen) atoms. The van der Waals surface area contributed by atoms with Crippen molar-refractivity contribution in [2.75, 3.05) is 33.9 Å². The first-order valence-corrected chi connectivity index (χ1v) is 5.00. The number of methoxy groups -OCH3 is 1. The summed E-state index contributed by atoms with van der Waals surface area (Å²) in [6.07, 6.45) is 0. The van der Waals surface area contributed by atoms with Crippen LogP contribution in [0.1, 0.15) is 20.8 Å². The number of likely N-dealkylation sites (N-methyl/N-ethyl adjacent to an activating group) is 1. The number of ether oxygens (including phenoxy) is 1. The van der Waals surface area contributed by atoms with Crippen LogP contribution in [0.3, 0.4) is 0 Å². The summed E-state index contributed by atoms with van der Waals surface area (Å²) in [5, 5.41) is 3.42. The molecule has 0 heterocycles. The van der Waals surface area contributed by atoms with E-state index in [4.69, 9.17) is 4.74 Å². The standard InChI is InChI=1S/C10H24N2O/c1-9(2)11-8-10(3)12(4)6-7-13-5/h9-11H,6-8H2,1-5H3. The quantitative estimate of drug-likeness (QED) is 0.644. The number of nitrogens with one attached hydrogen (secondary N) is 1. The van der Waals surface area contributed by atoms with Crippen molar-refractivity contribution in [1.29, 1.82) is 0 Å². The normalized spacial score (nSPS) is 14.1. The smallest absolute Gasteiger partial charge is 0.0589 e. The van der Waals surface area contributed by atoms with Gasteiger partial charge in [-0.05, 0) is 14.0 Å². The van der Waals surface area contributed by atoms with Crippen LogP contribution in [0.15, 0.2) is 0 Å². The summed E-state index contributed by atoms with van der Waals surface area (Å²) in [6, 6.07) is 1.14. The lowest BCUT2D eigenvalue weighted by Crippen LogP contribution is -2.41. The molecule has 0 fully saturated rings. The third-order valence-electron chi connectivity index (χ3n) is 2.22. The van der Waals surface area contributed by atoms with E-state index in [9.17, 15) is 0 Å². The van der Waals surface area contributed by atoms with Crippen LogP contribution >= 0.6 is 0 Å². The second-order valence-corrected chi connectivity index (χ2v) is 3.89. The van der Waals surface area contributed by atoms with Gasteiger partial charge in [0.1, 0.15) is 0 Å². The first-order valence-electron chi connectivity index (χ1n) is 5.00. The third-order valence-corrected chi connectivity index (χ3v) is 2.22. The van der Waals surface area contributed by atoms with Crippen molar-refractivity contribution in [2.24, 2.45) is 0 Å². The Kier molecular flexibility index (Phi) is 7.23. The average Bonchev–Trinajstić information content (AvgIpc) is 2.10. The SMILES string of the molecule is COCCN(C)C(C)CNC(C)C. The van der Waals surface area contributed by atoms with Gasteiger partial charge in [0.25, 0.3) is 0 Å². The zero-order valence-corrected chi connectivity index (χ0v) is 9.63. The summed E-state index contributed by atoms with van der Waals surface area (Å²) in [5.41, 5.74) is 0. The molecule has 1 atom stereocenters. The fraction of sp³-hybridized carbons (Fsp3) is 1.00. The van der Waals surface area contributed by atoms with E-state index in [1.807, 2.05) is 0 Å². The summed E-state index contributed by atoms with van der Waals surface area (Å²) in [6.45, 7) is 9.41. The highest BCUT2D eigenvalue weighted by atomic mass is 16.5. The minimum atomic E-state index is 0.567. The lowest BCUT2D eigenvalue weighted by molar-refractivity contribution is 0.141. The zero-order valence-electron chi connectivity index (χ0n) is 9.63. The molecule has 0 aromatic heterocycles. The lowest BCUT2D eigenvalue weighted by atomic mass is 10.2. The molecule has 1 unspecified atom stereocenters. The Morgan fingerprint density at radius 3 is 2.38 bits per heavy atom. The largest absolute Gasteiger partial charge is 0.383 e. The zero-order chi connectivity index (χ0) is 10.3. The molecule has 0 saturated heterocycles. The van der Waals surface area contributed by atoms with Crippen LogP contribution in [-0.4, -0.2) is 50.8 Å². The number of hydrogen-bond donors (Lipinski definition) is 1.